The molecule has 1 aromatic carbocycles. The van der Waals surface area contributed by atoms with E-state index in [0.717, 1.165) is 38.0 Å². The lowest BCUT2D eigenvalue weighted by molar-refractivity contribution is -0.384. The minimum absolute atomic E-state index is 0.0223. The molecule has 1 aliphatic rings. The van der Waals surface area contributed by atoms with Gasteiger partial charge < -0.3 is 15.5 Å². The summed E-state index contributed by atoms with van der Waals surface area (Å²) in [5.41, 5.74) is 1.03. The minimum atomic E-state index is -0.524. The van der Waals surface area contributed by atoms with Gasteiger partial charge in [-0.1, -0.05) is 6.07 Å². The molecule has 2 N–H and O–H groups in total. The number of rotatable bonds is 8. The van der Waals surface area contributed by atoms with Crippen LogP contribution in [0.15, 0.2) is 42.6 Å². The molecule has 0 spiro atoms. The molecule has 0 bridgehead atoms. The van der Waals surface area contributed by atoms with Crippen LogP contribution in [0.5, 0.6) is 0 Å². The van der Waals surface area contributed by atoms with Gasteiger partial charge in [-0.05, 0) is 50.5 Å². The first-order chi connectivity index (χ1) is 15.0. The molecule has 2 heterocycles. The molecule has 9 nitrogen and oxygen atoms in total. The van der Waals surface area contributed by atoms with E-state index in [4.69, 9.17) is 0 Å². The first-order valence-corrected chi connectivity index (χ1v) is 10.5. The molecule has 1 saturated heterocycles. The maximum Gasteiger partial charge on any atom is 0.293 e. The van der Waals surface area contributed by atoms with Crippen LogP contribution in [0.3, 0.4) is 0 Å². The SMILES string of the molecule is CC(Nc1ccc(C(=O)NCCC(=O)N2CCCCC2)cc1[N+](=O)[O-])c1ccccn1. The van der Waals surface area contributed by atoms with Crippen molar-refractivity contribution in [1.82, 2.24) is 15.2 Å². The van der Waals surface area contributed by atoms with Gasteiger partial charge in [-0.25, -0.2) is 0 Å². The van der Waals surface area contributed by atoms with Gasteiger partial charge in [0.1, 0.15) is 5.69 Å². The molecular formula is C22H27N5O4. The highest BCUT2D eigenvalue weighted by atomic mass is 16.6. The minimum Gasteiger partial charge on any atom is -0.371 e. The predicted octanol–water partition coefficient (Wildman–Crippen LogP) is 3.30. The summed E-state index contributed by atoms with van der Waals surface area (Å²) < 4.78 is 0. The fourth-order valence-corrected chi connectivity index (χ4v) is 3.57. The summed E-state index contributed by atoms with van der Waals surface area (Å²) in [6.45, 7) is 3.58. The summed E-state index contributed by atoms with van der Waals surface area (Å²) in [5.74, 6) is -0.423. The number of benzene rings is 1. The number of carbonyl (C=O) groups is 2. The monoisotopic (exact) mass is 425 g/mol. The summed E-state index contributed by atoms with van der Waals surface area (Å²) in [7, 11) is 0. The lowest BCUT2D eigenvalue weighted by Gasteiger charge is -2.26. The number of piperidine rings is 1. The Hall–Kier alpha value is -3.49. The van der Waals surface area contributed by atoms with Crippen molar-refractivity contribution < 1.29 is 14.5 Å². The van der Waals surface area contributed by atoms with E-state index in [0.29, 0.717) is 5.69 Å². The second-order valence-electron chi connectivity index (χ2n) is 7.56. The van der Waals surface area contributed by atoms with Gasteiger partial charge in [0.15, 0.2) is 0 Å². The maximum absolute atomic E-state index is 12.4. The number of hydrogen-bond acceptors (Lipinski definition) is 6. The van der Waals surface area contributed by atoms with E-state index in [-0.39, 0.29) is 36.2 Å². The molecule has 0 saturated carbocycles. The van der Waals surface area contributed by atoms with Gasteiger partial charge in [0.2, 0.25) is 5.91 Å². The molecule has 2 aromatic rings. The molecule has 1 unspecified atom stereocenters. The topological polar surface area (TPSA) is 117 Å². The number of carbonyl (C=O) groups excluding carboxylic acids is 2. The van der Waals surface area contributed by atoms with E-state index >= 15 is 0 Å². The Morgan fingerprint density at radius 1 is 1.19 bits per heavy atom. The number of pyridine rings is 1. The Kier molecular flexibility index (Phi) is 7.53. The van der Waals surface area contributed by atoms with Crippen molar-refractivity contribution in [2.75, 3.05) is 25.0 Å². The normalized spacial score (nSPS) is 14.5. The van der Waals surface area contributed by atoms with E-state index in [1.54, 1.807) is 12.3 Å². The lowest BCUT2D eigenvalue weighted by Crippen LogP contribution is -2.37. The van der Waals surface area contributed by atoms with Crippen molar-refractivity contribution in [2.24, 2.45) is 0 Å². The summed E-state index contributed by atoms with van der Waals surface area (Å²) in [6.07, 6.45) is 5.05. The molecule has 1 aliphatic heterocycles. The Balaban J connectivity index is 1.61. The van der Waals surface area contributed by atoms with Gasteiger partial charge >= 0.3 is 0 Å². The molecule has 3 rings (SSSR count). The first kappa shape index (κ1) is 22.2. The third kappa shape index (κ3) is 6.00. The summed E-state index contributed by atoms with van der Waals surface area (Å²) in [6, 6.07) is 9.52. The van der Waals surface area contributed by atoms with E-state index in [2.05, 4.69) is 15.6 Å². The quantitative estimate of drug-likeness (QED) is 0.495. The molecule has 9 heteroatoms. The van der Waals surface area contributed by atoms with Crippen molar-refractivity contribution >= 4 is 23.2 Å². The lowest BCUT2D eigenvalue weighted by atomic mass is 10.1. The maximum atomic E-state index is 12.4. The molecule has 1 aromatic heterocycles. The average molecular weight is 425 g/mol. The van der Waals surface area contributed by atoms with Gasteiger partial charge in [-0.2, -0.15) is 0 Å². The Labute approximate surface area is 181 Å². The van der Waals surface area contributed by atoms with Crippen LogP contribution < -0.4 is 10.6 Å². The molecule has 1 atom stereocenters. The summed E-state index contributed by atoms with van der Waals surface area (Å²) in [5, 5.41) is 17.3. The zero-order chi connectivity index (χ0) is 22.2. The van der Waals surface area contributed by atoms with Gasteiger partial charge in [-0.15, -0.1) is 0 Å². The standard InChI is InChI=1S/C22H27N5O4/c1-16(18-7-3-4-11-23-18)25-19-9-8-17(15-20(19)27(30)31)22(29)24-12-10-21(28)26-13-5-2-6-14-26/h3-4,7-9,11,15-16,25H,2,5-6,10,12-14H2,1H3,(H,24,29). The van der Waals surface area contributed by atoms with Gasteiger partial charge in [0, 0.05) is 43.9 Å². The number of aromatic nitrogens is 1. The third-order valence-corrected chi connectivity index (χ3v) is 5.29. The molecule has 0 radical (unpaired) electrons. The van der Waals surface area contributed by atoms with Crippen molar-refractivity contribution in [3.63, 3.8) is 0 Å². The van der Waals surface area contributed by atoms with Gasteiger partial charge in [0.25, 0.3) is 11.6 Å². The van der Waals surface area contributed by atoms with Crippen LogP contribution in [-0.2, 0) is 4.79 Å². The molecule has 31 heavy (non-hydrogen) atoms. The molecule has 1 fully saturated rings. The number of amides is 2. The van der Waals surface area contributed by atoms with Crippen LogP contribution in [-0.4, -0.2) is 46.3 Å². The van der Waals surface area contributed by atoms with Crippen molar-refractivity contribution in [1.29, 1.82) is 0 Å². The van der Waals surface area contributed by atoms with Gasteiger partial charge in [-0.3, -0.25) is 24.7 Å². The largest absolute Gasteiger partial charge is 0.371 e. The Morgan fingerprint density at radius 3 is 2.65 bits per heavy atom. The van der Waals surface area contributed by atoms with Crippen LogP contribution in [0.25, 0.3) is 0 Å². The van der Waals surface area contributed by atoms with Crippen molar-refractivity contribution in [2.45, 2.75) is 38.6 Å². The van der Waals surface area contributed by atoms with E-state index in [1.807, 2.05) is 24.0 Å². The fourth-order valence-electron chi connectivity index (χ4n) is 3.57. The summed E-state index contributed by atoms with van der Waals surface area (Å²) >= 11 is 0. The van der Waals surface area contributed by atoms with Crippen LogP contribution in [0.4, 0.5) is 11.4 Å². The highest BCUT2D eigenvalue weighted by Gasteiger charge is 2.20. The third-order valence-electron chi connectivity index (χ3n) is 5.29. The smallest absolute Gasteiger partial charge is 0.293 e. The average Bonchev–Trinajstić information content (AvgIpc) is 2.80. The van der Waals surface area contributed by atoms with Crippen LogP contribution in [0, 0.1) is 10.1 Å². The van der Waals surface area contributed by atoms with Crippen LogP contribution >= 0.6 is 0 Å². The highest BCUT2D eigenvalue weighted by Crippen LogP contribution is 2.29. The zero-order valence-corrected chi connectivity index (χ0v) is 17.5. The van der Waals surface area contributed by atoms with Crippen molar-refractivity contribution in [3.05, 3.63) is 64.0 Å². The number of nitro groups is 1. The van der Waals surface area contributed by atoms with Crippen LogP contribution in [0.2, 0.25) is 0 Å². The number of hydrogen-bond donors (Lipinski definition) is 2. The van der Waals surface area contributed by atoms with Crippen LogP contribution in [0.1, 0.15) is 54.7 Å². The highest BCUT2D eigenvalue weighted by molar-refractivity contribution is 5.96. The molecule has 164 valence electrons. The number of nitrogens with one attached hydrogen (secondary N) is 2. The number of nitrogens with zero attached hydrogens (tertiary/aromatic N) is 3. The Bertz CT molecular complexity index is 929. The zero-order valence-electron chi connectivity index (χ0n) is 17.5. The van der Waals surface area contributed by atoms with E-state index in [1.165, 1.54) is 18.2 Å². The summed E-state index contributed by atoms with van der Waals surface area (Å²) in [4.78, 5) is 41.7. The van der Waals surface area contributed by atoms with E-state index < -0.39 is 10.8 Å². The van der Waals surface area contributed by atoms with E-state index in [9.17, 15) is 19.7 Å². The number of nitro benzene ring substituents is 1. The molecular weight excluding hydrogens is 398 g/mol. The van der Waals surface area contributed by atoms with Gasteiger partial charge in [0.05, 0.1) is 16.7 Å². The van der Waals surface area contributed by atoms with Crippen molar-refractivity contribution in [3.8, 4) is 0 Å². The Morgan fingerprint density at radius 2 is 1.97 bits per heavy atom. The number of anilines is 1. The number of likely N-dealkylation sites (tertiary alicyclic amines) is 1. The second kappa shape index (κ2) is 10.5. The fraction of sp³-hybridized carbons (Fsp3) is 0.409. The molecule has 2 amide bonds. The molecule has 0 aliphatic carbocycles. The first-order valence-electron chi connectivity index (χ1n) is 10.5. The predicted molar refractivity (Wildman–Crippen MR) is 117 cm³/mol. The second-order valence-corrected chi connectivity index (χ2v) is 7.56.